The highest BCUT2D eigenvalue weighted by atomic mass is 16.5. The third-order valence-corrected chi connectivity index (χ3v) is 2.11. The van der Waals surface area contributed by atoms with Gasteiger partial charge in [0.1, 0.15) is 0 Å². The summed E-state index contributed by atoms with van der Waals surface area (Å²) in [5, 5.41) is 6.55. The van der Waals surface area contributed by atoms with Crippen molar-refractivity contribution >= 4 is 5.91 Å². The Morgan fingerprint density at radius 1 is 1.59 bits per heavy atom. The molecule has 0 aromatic carbocycles. The highest BCUT2D eigenvalue weighted by Crippen LogP contribution is 2.20. The molecule has 7 nitrogen and oxygen atoms in total. The Bertz CT molecular complexity index is 517. The van der Waals surface area contributed by atoms with Crippen LogP contribution in [0.5, 0.6) is 0 Å². The highest BCUT2D eigenvalue weighted by molar-refractivity contribution is 5.75. The van der Waals surface area contributed by atoms with Gasteiger partial charge >= 0.3 is 0 Å². The van der Waals surface area contributed by atoms with Crippen LogP contribution in [-0.4, -0.2) is 22.6 Å². The van der Waals surface area contributed by atoms with Crippen LogP contribution in [0.15, 0.2) is 21.3 Å². The van der Waals surface area contributed by atoms with Crippen molar-refractivity contribution in [2.24, 2.45) is 5.73 Å². The molecular weight excluding hydrogens is 224 g/mol. The molecule has 0 fully saturated rings. The summed E-state index contributed by atoms with van der Waals surface area (Å²) in [7, 11) is 0. The average Bonchev–Trinajstić information content (AvgIpc) is 2.86. The average molecular weight is 236 g/mol. The molecule has 0 saturated carbocycles. The zero-order chi connectivity index (χ0) is 12.3. The minimum absolute atomic E-state index is 0.0670. The molecule has 0 spiro atoms. The van der Waals surface area contributed by atoms with E-state index in [-0.39, 0.29) is 13.1 Å². The van der Waals surface area contributed by atoms with Crippen molar-refractivity contribution in [1.29, 1.82) is 0 Å². The molecular formula is C10H12N4O3. The van der Waals surface area contributed by atoms with E-state index in [1.165, 1.54) is 0 Å². The Kier molecular flexibility index (Phi) is 3.20. The number of nitrogens with zero attached hydrogens (tertiary/aromatic N) is 2. The molecule has 2 heterocycles. The van der Waals surface area contributed by atoms with Crippen LogP contribution < -0.4 is 11.1 Å². The van der Waals surface area contributed by atoms with E-state index in [0.29, 0.717) is 17.5 Å². The van der Waals surface area contributed by atoms with E-state index in [0.717, 1.165) is 5.56 Å². The molecule has 1 amide bonds. The first kappa shape index (κ1) is 11.3. The van der Waals surface area contributed by atoms with E-state index >= 15 is 0 Å². The van der Waals surface area contributed by atoms with Gasteiger partial charge in [0.2, 0.25) is 17.6 Å². The third kappa shape index (κ3) is 2.70. The normalized spacial score (nSPS) is 10.6. The van der Waals surface area contributed by atoms with Crippen LogP contribution in [0, 0.1) is 6.92 Å². The van der Waals surface area contributed by atoms with Crippen molar-refractivity contribution in [2.45, 2.75) is 13.5 Å². The molecule has 17 heavy (non-hydrogen) atoms. The topological polar surface area (TPSA) is 107 Å². The van der Waals surface area contributed by atoms with Gasteiger partial charge < -0.3 is 14.7 Å². The summed E-state index contributed by atoms with van der Waals surface area (Å²) in [4.78, 5) is 14.6. The highest BCUT2D eigenvalue weighted by Gasteiger charge is 2.13. The van der Waals surface area contributed by atoms with Crippen LogP contribution in [0.25, 0.3) is 11.6 Å². The number of nitrogens with one attached hydrogen (secondary N) is 1. The van der Waals surface area contributed by atoms with Crippen LogP contribution in [-0.2, 0) is 11.3 Å². The van der Waals surface area contributed by atoms with Crippen molar-refractivity contribution in [3.63, 3.8) is 0 Å². The standard InChI is InChI=1S/C10H12N4O3/c1-6-2-3-16-9(6)10-13-8(17-14-10)5-12-4-7(11)15/h2-3,12H,4-5H2,1H3,(H2,11,15). The van der Waals surface area contributed by atoms with Crippen molar-refractivity contribution in [3.05, 3.63) is 23.8 Å². The minimum Gasteiger partial charge on any atom is -0.461 e. The fourth-order valence-corrected chi connectivity index (χ4v) is 1.31. The van der Waals surface area contributed by atoms with E-state index in [2.05, 4.69) is 15.5 Å². The van der Waals surface area contributed by atoms with Crippen molar-refractivity contribution in [3.8, 4) is 11.6 Å². The summed E-state index contributed by atoms with van der Waals surface area (Å²) < 4.78 is 10.2. The van der Waals surface area contributed by atoms with Gasteiger partial charge in [-0.05, 0) is 18.6 Å². The summed E-state index contributed by atoms with van der Waals surface area (Å²) in [5.74, 6) is 0.905. The molecule has 0 bridgehead atoms. The fraction of sp³-hybridized carbons (Fsp3) is 0.300. The molecule has 0 radical (unpaired) electrons. The third-order valence-electron chi connectivity index (χ3n) is 2.11. The second-order valence-corrected chi connectivity index (χ2v) is 3.51. The van der Waals surface area contributed by atoms with Gasteiger partial charge in [-0.1, -0.05) is 5.16 Å². The zero-order valence-electron chi connectivity index (χ0n) is 9.27. The molecule has 2 aromatic heterocycles. The number of primary amides is 1. The van der Waals surface area contributed by atoms with E-state index in [4.69, 9.17) is 14.7 Å². The molecule has 0 unspecified atom stereocenters. The Hall–Kier alpha value is -2.15. The van der Waals surface area contributed by atoms with Gasteiger partial charge in [-0.3, -0.25) is 10.1 Å². The lowest BCUT2D eigenvalue weighted by Gasteiger charge is -1.95. The molecule has 2 aromatic rings. The lowest BCUT2D eigenvalue weighted by Crippen LogP contribution is -2.28. The van der Waals surface area contributed by atoms with E-state index in [1.807, 2.05) is 13.0 Å². The van der Waals surface area contributed by atoms with Crippen molar-refractivity contribution < 1.29 is 13.7 Å². The first-order chi connectivity index (χ1) is 8.16. The maximum absolute atomic E-state index is 10.5. The second kappa shape index (κ2) is 4.79. The lowest BCUT2D eigenvalue weighted by atomic mass is 10.3. The van der Waals surface area contributed by atoms with Gasteiger partial charge in [-0.15, -0.1) is 0 Å². The molecule has 3 N–H and O–H groups in total. The molecule has 0 aliphatic heterocycles. The fourth-order valence-electron chi connectivity index (χ4n) is 1.31. The number of carbonyl (C=O) groups is 1. The summed E-state index contributed by atoms with van der Waals surface area (Å²) >= 11 is 0. The first-order valence-corrected chi connectivity index (χ1v) is 5.03. The van der Waals surface area contributed by atoms with Crippen LogP contribution in [0.4, 0.5) is 0 Å². The largest absolute Gasteiger partial charge is 0.461 e. The smallest absolute Gasteiger partial charge is 0.241 e. The molecule has 2 rings (SSSR count). The lowest BCUT2D eigenvalue weighted by molar-refractivity contribution is -0.117. The van der Waals surface area contributed by atoms with Crippen molar-refractivity contribution in [2.75, 3.05) is 6.54 Å². The minimum atomic E-state index is -0.438. The number of hydrogen-bond donors (Lipinski definition) is 2. The quantitative estimate of drug-likeness (QED) is 0.768. The molecule has 0 aliphatic carbocycles. The molecule has 90 valence electrons. The molecule has 7 heteroatoms. The number of nitrogens with two attached hydrogens (primary N) is 1. The SMILES string of the molecule is Cc1ccoc1-c1noc(CNCC(N)=O)n1. The Balaban J connectivity index is 2.01. The Morgan fingerprint density at radius 2 is 2.41 bits per heavy atom. The van der Waals surface area contributed by atoms with Gasteiger partial charge in [0, 0.05) is 0 Å². The number of aromatic nitrogens is 2. The predicted molar refractivity (Wildman–Crippen MR) is 57.6 cm³/mol. The number of rotatable bonds is 5. The Labute approximate surface area is 97.0 Å². The number of amides is 1. The number of aryl methyl sites for hydroxylation is 1. The van der Waals surface area contributed by atoms with Crippen LogP contribution in [0.3, 0.4) is 0 Å². The van der Waals surface area contributed by atoms with E-state index in [9.17, 15) is 4.79 Å². The Morgan fingerprint density at radius 3 is 3.06 bits per heavy atom. The zero-order valence-corrected chi connectivity index (χ0v) is 9.27. The summed E-state index contributed by atoms with van der Waals surface area (Å²) in [6.45, 7) is 2.24. The predicted octanol–water partition coefficient (Wildman–Crippen LogP) is 0.213. The summed E-state index contributed by atoms with van der Waals surface area (Å²) in [6.07, 6.45) is 1.56. The number of carbonyl (C=O) groups excluding carboxylic acids is 1. The van der Waals surface area contributed by atoms with Crippen LogP contribution in [0.1, 0.15) is 11.5 Å². The van der Waals surface area contributed by atoms with Gasteiger partial charge in [0.05, 0.1) is 19.4 Å². The summed E-state index contributed by atoms with van der Waals surface area (Å²) in [6, 6.07) is 1.82. The van der Waals surface area contributed by atoms with Gasteiger partial charge in [-0.2, -0.15) is 4.98 Å². The molecule has 0 saturated heterocycles. The van der Waals surface area contributed by atoms with Crippen LogP contribution >= 0.6 is 0 Å². The van der Waals surface area contributed by atoms with Gasteiger partial charge in [0.15, 0.2) is 5.76 Å². The first-order valence-electron chi connectivity index (χ1n) is 5.03. The number of hydrogen-bond acceptors (Lipinski definition) is 6. The summed E-state index contributed by atoms with van der Waals surface area (Å²) in [5.41, 5.74) is 5.91. The monoisotopic (exact) mass is 236 g/mol. The maximum Gasteiger partial charge on any atom is 0.241 e. The number of furan rings is 1. The van der Waals surface area contributed by atoms with Gasteiger partial charge in [0.25, 0.3) is 0 Å². The molecule has 0 aliphatic rings. The van der Waals surface area contributed by atoms with E-state index in [1.54, 1.807) is 6.26 Å². The maximum atomic E-state index is 10.5. The molecule has 0 atom stereocenters. The van der Waals surface area contributed by atoms with Crippen LogP contribution in [0.2, 0.25) is 0 Å². The van der Waals surface area contributed by atoms with Gasteiger partial charge in [-0.25, -0.2) is 0 Å². The van der Waals surface area contributed by atoms with E-state index < -0.39 is 5.91 Å². The second-order valence-electron chi connectivity index (χ2n) is 3.51. The van der Waals surface area contributed by atoms with Crippen molar-refractivity contribution in [1.82, 2.24) is 15.5 Å².